The average Bonchev–Trinajstić information content (AvgIpc) is 2.66. The number of nitrogens with one attached hydrogen (secondary N) is 1. The topological polar surface area (TPSA) is 105 Å². The summed E-state index contributed by atoms with van der Waals surface area (Å²) in [6.07, 6.45) is -2.91. The van der Waals surface area contributed by atoms with E-state index in [9.17, 15) is 23.2 Å². The van der Waals surface area contributed by atoms with Gasteiger partial charge in [-0.25, -0.2) is 8.78 Å². The standard InChI is InChI=1S/C23H34F2N4O4/c1-14(2)11-28(13-23(3,4)5)19(21(26)31)22(32)27-17-7-6-15(10-16(17)20(24)25)29-8-9-33-12-18(29)30/h6-7,10,14,19-20H,8-9,11-13H2,1-5H3,(H2,26,31)(H,27,32)/t19-/m0/s1. The zero-order valence-corrected chi connectivity index (χ0v) is 19.9. The van der Waals surface area contributed by atoms with Crippen molar-refractivity contribution in [1.29, 1.82) is 0 Å². The van der Waals surface area contributed by atoms with Crippen LogP contribution in [-0.2, 0) is 19.1 Å². The van der Waals surface area contributed by atoms with Gasteiger partial charge >= 0.3 is 0 Å². The minimum absolute atomic E-state index is 0.123. The fourth-order valence-corrected chi connectivity index (χ4v) is 3.82. The van der Waals surface area contributed by atoms with E-state index >= 15 is 0 Å². The Morgan fingerprint density at radius 1 is 1.27 bits per heavy atom. The predicted molar refractivity (Wildman–Crippen MR) is 122 cm³/mol. The number of hydrogen-bond acceptors (Lipinski definition) is 5. The van der Waals surface area contributed by atoms with E-state index in [-0.39, 0.29) is 41.8 Å². The first kappa shape index (κ1) is 26.7. The third-order valence-corrected chi connectivity index (χ3v) is 4.99. The summed E-state index contributed by atoms with van der Waals surface area (Å²) in [7, 11) is 0. The van der Waals surface area contributed by atoms with Gasteiger partial charge in [0.1, 0.15) is 6.61 Å². The number of nitrogens with two attached hydrogens (primary N) is 1. The average molecular weight is 469 g/mol. The van der Waals surface area contributed by atoms with Gasteiger partial charge in [0.05, 0.1) is 6.61 Å². The summed E-state index contributed by atoms with van der Waals surface area (Å²) in [6.45, 7) is 11.1. The lowest BCUT2D eigenvalue weighted by atomic mass is 9.94. The van der Waals surface area contributed by atoms with Gasteiger partial charge < -0.3 is 20.7 Å². The summed E-state index contributed by atoms with van der Waals surface area (Å²) < 4.78 is 32.8. The number of primary amides is 1. The van der Waals surface area contributed by atoms with Crippen LogP contribution in [0.3, 0.4) is 0 Å². The van der Waals surface area contributed by atoms with Crippen LogP contribution in [0.5, 0.6) is 0 Å². The molecule has 0 unspecified atom stereocenters. The molecule has 0 spiro atoms. The summed E-state index contributed by atoms with van der Waals surface area (Å²) in [5.41, 5.74) is 5.05. The number of carbonyl (C=O) groups is 3. The molecule has 33 heavy (non-hydrogen) atoms. The molecule has 1 heterocycles. The molecule has 1 aliphatic heterocycles. The van der Waals surface area contributed by atoms with Crippen LogP contribution in [0, 0.1) is 11.3 Å². The molecule has 0 radical (unpaired) electrons. The van der Waals surface area contributed by atoms with Gasteiger partial charge in [-0.15, -0.1) is 0 Å². The van der Waals surface area contributed by atoms with Crippen LogP contribution in [0.1, 0.15) is 46.6 Å². The van der Waals surface area contributed by atoms with Crippen molar-refractivity contribution in [2.45, 2.75) is 47.1 Å². The molecule has 0 aromatic heterocycles. The molecular weight excluding hydrogens is 434 g/mol. The molecule has 0 aliphatic carbocycles. The fourth-order valence-electron chi connectivity index (χ4n) is 3.82. The van der Waals surface area contributed by atoms with Crippen molar-refractivity contribution in [3.63, 3.8) is 0 Å². The Balaban J connectivity index is 2.34. The first-order valence-corrected chi connectivity index (χ1v) is 10.9. The smallest absolute Gasteiger partial charge is 0.265 e. The van der Waals surface area contributed by atoms with Crippen LogP contribution in [-0.4, -0.2) is 61.5 Å². The zero-order valence-electron chi connectivity index (χ0n) is 19.9. The van der Waals surface area contributed by atoms with Gasteiger partial charge in [0.25, 0.3) is 18.2 Å². The van der Waals surface area contributed by atoms with E-state index in [1.807, 2.05) is 34.6 Å². The van der Waals surface area contributed by atoms with E-state index in [1.54, 1.807) is 4.90 Å². The number of rotatable bonds is 9. The minimum atomic E-state index is -2.91. The lowest BCUT2D eigenvalue weighted by molar-refractivity contribution is -0.133. The van der Waals surface area contributed by atoms with Crippen LogP contribution in [0.2, 0.25) is 0 Å². The van der Waals surface area contributed by atoms with Crippen LogP contribution in [0.15, 0.2) is 18.2 Å². The largest absolute Gasteiger partial charge is 0.370 e. The summed E-state index contributed by atoms with van der Waals surface area (Å²) >= 11 is 0. The van der Waals surface area contributed by atoms with Gasteiger partial charge in [-0.05, 0) is 29.5 Å². The Labute approximate surface area is 193 Å². The predicted octanol–water partition coefficient (Wildman–Crippen LogP) is 2.78. The maximum atomic E-state index is 13.9. The lowest BCUT2D eigenvalue weighted by Crippen LogP contribution is -2.55. The van der Waals surface area contributed by atoms with E-state index in [0.29, 0.717) is 19.7 Å². The fraction of sp³-hybridized carbons (Fsp3) is 0.609. The molecular formula is C23H34F2N4O4. The number of halogens is 2. The number of carbonyl (C=O) groups excluding carboxylic acids is 3. The van der Waals surface area contributed by atoms with Crippen LogP contribution < -0.4 is 16.0 Å². The van der Waals surface area contributed by atoms with Gasteiger partial charge in [0, 0.05) is 36.6 Å². The summed E-state index contributed by atoms with van der Waals surface area (Å²) in [4.78, 5) is 40.5. The molecule has 1 aliphatic rings. The van der Waals surface area contributed by atoms with Crippen molar-refractivity contribution in [2.24, 2.45) is 17.1 Å². The quantitative estimate of drug-likeness (QED) is 0.543. The molecule has 8 nitrogen and oxygen atoms in total. The third-order valence-electron chi connectivity index (χ3n) is 4.99. The first-order chi connectivity index (χ1) is 15.3. The third kappa shape index (κ3) is 7.46. The molecule has 3 N–H and O–H groups in total. The van der Waals surface area contributed by atoms with Crippen molar-refractivity contribution in [3.8, 4) is 0 Å². The van der Waals surface area contributed by atoms with Gasteiger partial charge in [-0.3, -0.25) is 19.3 Å². The van der Waals surface area contributed by atoms with E-state index in [2.05, 4.69) is 5.32 Å². The highest BCUT2D eigenvalue weighted by molar-refractivity contribution is 6.10. The normalized spacial score (nSPS) is 15.9. The minimum Gasteiger partial charge on any atom is -0.370 e. The Kier molecular flexibility index (Phi) is 8.90. The molecule has 1 atom stereocenters. The van der Waals surface area contributed by atoms with Gasteiger partial charge in [-0.2, -0.15) is 0 Å². The highest BCUT2D eigenvalue weighted by Crippen LogP contribution is 2.32. The SMILES string of the molecule is CC(C)CN(CC(C)(C)C)[C@@H](C(N)=O)C(=O)Nc1ccc(N2CCOCC2=O)cc1C(F)F. The second kappa shape index (κ2) is 11.0. The number of nitrogens with zero attached hydrogens (tertiary/aromatic N) is 2. The number of amides is 3. The van der Waals surface area contributed by atoms with Crippen molar-refractivity contribution in [3.05, 3.63) is 23.8 Å². The van der Waals surface area contributed by atoms with E-state index in [4.69, 9.17) is 10.5 Å². The van der Waals surface area contributed by atoms with Gasteiger partial charge in [0.15, 0.2) is 6.04 Å². The highest BCUT2D eigenvalue weighted by atomic mass is 19.3. The van der Waals surface area contributed by atoms with Crippen molar-refractivity contribution in [1.82, 2.24) is 4.90 Å². The van der Waals surface area contributed by atoms with Crippen molar-refractivity contribution >= 4 is 29.1 Å². The lowest BCUT2D eigenvalue weighted by Gasteiger charge is -2.35. The Bertz CT molecular complexity index is 871. The van der Waals surface area contributed by atoms with E-state index in [0.717, 1.165) is 0 Å². The van der Waals surface area contributed by atoms with E-state index in [1.165, 1.54) is 23.1 Å². The van der Waals surface area contributed by atoms with Crippen LogP contribution in [0.25, 0.3) is 0 Å². The number of benzene rings is 1. The maximum Gasteiger partial charge on any atom is 0.265 e. The summed E-state index contributed by atoms with van der Waals surface area (Å²) in [6, 6.07) is 2.64. The highest BCUT2D eigenvalue weighted by Gasteiger charge is 2.34. The number of anilines is 2. The van der Waals surface area contributed by atoms with E-state index < -0.39 is 29.8 Å². The number of hydrogen-bond donors (Lipinski definition) is 2. The number of alkyl halides is 2. The van der Waals surface area contributed by atoms with Gasteiger partial charge in [-0.1, -0.05) is 34.6 Å². The summed E-state index contributed by atoms with van der Waals surface area (Å²) in [5.74, 6) is -1.82. The zero-order chi connectivity index (χ0) is 24.9. The maximum absolute atomic E-state index is 13.9. The molecule has 1 aromatic carbocycles. The molecule has 3 amide bonds. The van der Waals surface area contributed by atoms with Crippen LogP contribution in [0.4, 0.5) is 20.2 Å². The Morgan fingerprint density at radius 3 is 2.45 bits per heavy atom. The van der Waals surface area contributed by atoms with Gasteiger partial charge in [0.2, 0.25) is 5.91 Å². The second-order valence-corrected chi connectivity index (χ2v) is 9.85. The van der Waals surface area contributed by atoms with Crippen LogP contribution >= 0.6 is 0 Å². The second-order valence-electron chi connectivity index (χ2n) is 9.85. The molecule has 0 saturated carbocycles. The molecule has 0 bridgehead atoms. The number of ether oxygens (including phenoxy) is 1. The molecule has 1 saturated heterocycles. The molecule has 10 heteroatoms. The number of morpholine rings is 1. The molecule has 1 fully saturated rings. The Hall–Kier alpha value is -2.59. The first-order valence-electron chi connectivity index (χ1n) is 10.9. The van der Waals surface area contributed by atoms with Crippen molar-refractivity contribution < 1.29 is 27.9 Å². The molecule has 1 aromatic rings. The Morgan fingerprint density at radius 2 is 1.94 bits per heavy atom. The monoisotopic (exact) mass is 468 g/mol. The summed E-state index contributed by atoms with van der Waals surface area (Å²) in [5, 5.41) is 2.46. The molecule has 2 rings (SSSR count). The molecule has 184 valence electrons. The van der Waals surface area contributed by atoms with Crippen molar-refractivity contribution in [2.75, 3.05) is 43.1 Å².